The van der Waals surface area contributed by atoms with Crippen molar-refractivity contribution in [2.24, 2.45) is 0 Å². The lowest BCUT2D eigenvalue weighted by atomic mass is 10.1. The molecule has 0 fully saturated rings. The van der Waals surface area contributed by atoms with Crippen LogP contribution in [0.1, 0.15) is 26.8 Å². The van der Waals surface area contributed by atoms with Crippen LogP contribution >= 0.6 is 11.3 Å². The lowest BCUT2D eigenvalue weighted by molar-refractivity contribution is -0.890. The standard InChI is InChI=1S/C16H17F3N2OS/c1-21(2)13(14-8-5-9-23-14)10-20-15(22)11-6-3-4-7-12(11)16(17,18)19/h3-9,13H,10H2,1-2H3,(H,20,22)/p+1/t13-/m1/s1. The van der Waals surface area contributed by atoms with Gasteiger partial charge in [0.25, 0.3) is 5.91 Å². The predicted octanol–water partition coefficient (Wildman–Crippen LogP) is 2.38. The number of carbonyl (C=O) groups excluding carboxylic acids is 1. The van der Waals surface area contributed by atoms with Gasteiger partial charge in [-0.1, -0.05) is 18.2 Å². The van der Waals surface area contributed by atoms with Gasteiger partial charge in [-0.05, 0) is 23.6 Å². The van der Waals surface area contributed by atoms with Crippen molar-refractivity contribution in [3.05, 3.63) is 57.8 Å². The summed E-state index contributed by atoms with van der Waals surface area (Å²) in [6, 6.07) is 8.69. The Hall–Kier alpha value is -1.86. The Bertz CT molecular complexity index is 654. The minimum atomic E-state index is -4.55. The Balaban J connectivity index is 2.14. The number of nitrogens with one attached hydrogen (secondary N) is 2. The highest BCUT2D eigenvalue weighted by Crippen LogP contribution is 2.31. The quantitative estimate of drug-likeness (QED) is 0.859. The number of rotatable bonds is 5. The van der Waals surface area contributed by atoms with Crippen LogP contribution < -0.4 is 10.2 Å². The molecule has 0 unspecified atom stereocenters. The van der Waals surface area contributed by atoms with Crippen molar-refractivity contribution in [3.63, 3.8) is 0 Å². The minimum Gasteiger partial charge on any atom is -0.346 e. The van der Waals surface area contributed by atoms with Gasteiger partial charge in [0, 0.05) is 0 Å². The van der Waals surface area contributed by atoms with Crippen molar-refractivity contribution in [1.82, 2.24) is 5.32 Å². The fraction of sp³-hybridized carbons (Fsp3) is 0.312. The van der Waals surface area contributed by atoms with Gasteiger partial charge in [0.1, 0.15) is 6.04 Å². The third kappa shape index (κ3) is 4.33. The first kappa shape index (κ1) is 17.5. The highest BCUT2D eigenvalue weighted by atomic mass is 32.1. The number of carbonyl (C=O) groups is 1. The molecule has 1 aromatic heterocycles. The lowest BCUT2D eigenvalue weighted by Crippen LogP contribution is -3.06. The molecule has 0 aliphatic heterocycles. The topological polar surface area (TPSA) is 33.5 Å². The first-order valence-corrected chi connectivity index (χ1v) is 7.96. The summed E-state index contributed by atoms with van der Waals surface area (Å²) in [5, 5.41) is 4.56. The number of quaternary nitrogens is 1. The lowest BCUT2D eigenvalue weighted by Gasteiger charge is -2.21. The van der Waals surface area contributed by atoms with E-state index in [1.54, 1.807) is 11.3 Å². The van der Waals surface area contributed by atoms with Crippen LogP contribution in [0.3, 0.4) is 0 Å². The summed E-state index contributed by atoms with van der Waals surface area (Å²) in [6.45, 7) is 0.272. The second-order valence-corrected chi connectivity index (χ2v) is 6.38. The number of benzene rings is 1. The Morgan fingerprint density at radius 1 is 1.22 bits per heavy atom. The highest BCUT2D eigenvalue weighted by molar-refractivity contribution is 7.10. The van der Waals surface area contributed by atoms with Crippen molar-refractivity contribution in [2.75, 3.05) is 20.6 Å². The van der Waals surface area contributed by atoms with Crippen molar-refractivity contribution in [3.8, 4) is 0 Å². The zero-order valence-electron chi connectivity index (χ0n) is 12.8. The summed E-state index contributed by atoms with van der Waals surface area (Å²) < 4.78 is 38.9. The van der Waals surface area contributed by atoms with Crippen LogP contribution in [-0.2, 0) is 6.18 Å². The molecule has 7 heteroatoms. The molecule has 2 aromatic rings. The molecule has 0 saturated heterocycles. The SMILES string of the molecule is C[NH+](C)[C@H](CNC(=O)c1ccccc1C(F)(F)F)c1cccs1. The number of hydrogen-bond donors (Lipinski definition) is 2. The van der Waals surface area contributed by atoms with Gasteiger partial charge in [-0.25, -0.2) is 0 Å². The van der Waals surface area contributed by atoms with E-state index in [4.69, 9.17) is 0 Å². The van der Waals surface area contributed by atoms with Crippen molar-refractivity contribution >= 4 is 17.2 Å². The summed E-state index contributed by atoms with van der Waals surface area (Å²) in [7, 11) is 3.89. The van der Waals surface area contributed by atoms with Crippen molar-refractivity contribution < 1.29 is 22.9 Å². The monoisotopic (exact) mass is 343 g/mol. The van der Waals surface area contributed by atoms with Crippen molar-refractivity contribution in [1.29, 1.82) is 0 Å². The molecular weight excluding hydrogens is 325 g/mol. The van der Waals surface area contributed by atoms with E-state index in [0.29, 0.717) is 0 Å². The highest BCUT2D eigenvalue weighted by Gasteiger charge is 2.35. The number of hydrogen-bond acceptors (Lipinski definition) is 2. The number of halogens is 3. The molecule has 1 heterocycles. The Labute approximate surface area is 136 Å². The van der Waals surface area contributed by atoms with E-state index >= 15 is 0 Å². The van der Waals surface area contributed by atoms with Crippen LogP contribution in [0, 0.1) is 0 Å². The van der Waals surface area contributed by atoms with Gasteiger partial charge in [-0.3, -0.25) is 4.79 Å². The van der Waals surface area contributed by atoms with Gasteiger partial charge in [-0.15, -0.1) is 11.3 Å². The predicted molar refractivity (Wildman–Crippen MR) is 83.6 cm³/mol. The molecule has 3 nitrogen and oxygen atoms in total. The van der Waals surface area contributed by atoms with E-state index in [-0.39, 0.29) is 18.2 Å². The van der Waals surface area contributed by atoms with E-state index in [1.165, 1.54) is 18.2 Å². The fourth-order valence-corrected chi connectivity index (χ4v) is 3.25. The molecule has 124 valence electrons. The molecule has 2 rings (SSSR count). The first-order valence-electron chi connectivity index (χ1n) is 7.08. The maximum atomic E-state index is 13.0. The van der Waals surface area contributed by atoms with Gasteiger partial charge in [0.2, 0.25) is 0 Å². The molecular formula is C16H18F3N2OS+. The zero-order valence-corrected chi connectivity index (χ0v) is 13.6. The molecule has 0 spiro atoms. The molecule has 0 bridgehead atoms. The number of alkyl halides is 3. The van der Waals surface area contributed by atoms with E-state index in [9.17, 15) is 18.0 Å². The molecule has 0 aliphatic rings. The molecule has 1 atom stereocenters. The second kappa shape index (κ2) is 7.14. The van der Waals surface area contributed by atoms with E-state index in [0.717, 1.165) is 15.8 Å². The Kier molecular flexibility index (Phi) is 5.43. The van der Waals surface area contributed by atoms with Gasteiger partial charge in [0.05, 0.1) is 36.6 Å². The zero-order chi connectivity index (χ0) is 17.0. The smallest absolute Gasteiger partial charge is 0.346 e. The number of thiophene rings is 1. The first-order chi connectivity index (χ1) is 10.8. The van der Waals surface area contributed by atoms with Crippen LogP contribution in [0.15, 0.2) is 41.8 Å². The third-order valence-electron chi connectivity index (χ3n) is 3.53. The Morgan fingerprint density at radius 2 is 1.91 bits per heavy atom. The molecule has 23 heavy (non-hydrogen) atoms. The van der Waals surface area contributed by atoms with Crippen LogP contribution in [0.2, 0.25) is 0 Å². The average Bonchev–Trinajstić information content (AvgIpc) is 3.00. The van der Waals surface area contributed by atoms with Crippen LogP contribution in [0.4, 0.5) is 13.2 Å². The van der Waals surface area contributed by atoms with Gasteiger partial charge < -0.3 is 10.2 Å². The van der Waals surface area contributed by atoms with E-state index in [2.05, 4.69) is 5.32 Å². The van der Waals surface area contributed by atoms with Gasteiger partial charge in [-0.2, -0.15) is 13.2 Å². The van der Waals surface area contributed by atoms with E-state index in [1.807, 2.05) is 31.6 Å². The van der Waals surface area contributed by atoms with Gasteiger partial charge in [0.15, 0.2) is 0 Å². The molecule has 1 amide bonds. The normalized spacial score (nSPS) is 13.1. The summed E-state index contributed by atoms with van der Waals surface area (Å²) in [6.07, 6.45) is -4.55. The number of amides is 1. The average molecular weight is 343 g/mol. The van der Waals surface area contributed by atoms with Gasteiger partial charge >= 0.3 is 6.18 Å². The summed E-state index contributed by atoms with van der Waals surface area (Å²) in [4.78, 5) is 14.4. The van der Waals surface area contributed by atoms with Crippen LogP contribution in [-0.4, -0.2) is 26.5 Å². The fourth-order valence-electron chi connectivity index (χ4n) is 2.30. The largest absolute Gasteiger partial charge is 0.417 e. The Morgan fingerprint density at radius 3 is 2.48 bits per heavy atom. The molecule has 2 N–H and O–H groups in total. The van der Waals surface area contributed by atoms with Crippen LogP contribution in [0.25, 0.3) is 0 Å². The second-order valence-electron chi connectivity index (χ2n) is 5.40. The summed E-state index contributed by atoms with van der Waals surface area (Å²) in [5.41, 5.74) is -1.26. The molecule has 0 radical (unpaired) electrons. The van der Waals surface area contributed by atoms with Crippen molar-refractivity contribution in [2.45, 2.75) is 12.2 Å². The molecule has 0 aliphatic carbocycles. The number of likely N-dealkylation sites (N-methyl/N-ethyl adjacent to an activating group) is 1. The maximum Gasteiger partial charge on any atom is 0.417 e. The van der Waals surface area contributed by atoms with Crippen LogP contribution in [0.5, 0.6) is 0 Å². The maximum absolute atomic E-state index is 13.0. The minimum absolute atomic E-state index is 0.00278. The van der Waals surface area contributed by atoms with E-state index < -0.39 is 17.6 Å². The summed E-state index contributed by atoms with van der Waals surface area (Å²) >= 11 is 1.56. The molecule has 0 saturated carbocycles. The third-order valence-corrected chi connectivity index (χ3v) is 4.51. The summed E-state index contributed by atoms with van der Waals surface area (Å²) in [5.74, 6) is -0.708. The molecule has 1 aromatic carbocycles.